The summed E-state index contributed by atoms with van der Waals surface area (Å²) in [6.07, 6.45) is 3.12. The molecule has 0 spiro atoms. The van der Waals surface area contributed by atoms with E-state index in [1.807, 2.05) is 22.9 Å². The van der Waals surface area contributed by atoms with Crippen molar-refractivity contribution in [3.05, 3.63) is 69.4 Å². The van der Waals surface area contributed by atoms with Crippen LogP contribution in [0.5, 0.6) is 0 Å². The molecule has 10 heteroatoms. The number of benzene rings is 1. The maximum Gasteiger partial charge on any atom is 0.414 e. The van der Waals surface area contributed by atoms with Gasteiger partial charge >= 0.3 is 6.09 Å². The lowest BCUT2D eigenvalue weighted by molar-refractivity contribution is 0.0920. The van der Waals surface area contributed by atoms with Crippen molar-refractivity contribution in [3.8, 4) is 5.69 Å². The van der Waals surface area contributed by atoms with Gasteiger partial charge in [0, 0.05) is 30.2 Å². The minimum absolute atomic E-state index is 0.125. The van der Waals surface area contributed by atoms with Crippen LogP contribution in [0.1, 0.15) is 28.2 Å². The van der Waals surface area contributed by atoms with Gasteiger partial charge in [0.15, 0.2) is 0 Å². The Morgan fingerprint density at radius 3 is 2.76 bits per heavy atom. The van der Waals surface area contributed by atoms with Gasteiger partial charge in [-0.15, -0.1) is 11.3 Å². The molecule has 2 fully saturated rings. The van der Waals surface area contributed by atoms with E-state index in [4.69, 9.17) is 16.3 Å². The first-order valence-corrected chi connectivity index (χ1v) is 12.4. The summed E-state index contributed by atoms with van der Waals surface area (Å²) in [7, 11) is 0. The van der Waals surface area contributed by atoms with Crippen LogP contribution in [0.4, 0.5) is 14.9 Å². The van der Waals surface area contributed by atoms with Crippen LogP contribution in [0.25, 0.3) is 5.69 Å². The Balaban J connectivity index is 1.24. The molecule has 5 rings (SSSR count). The Bertz CT molecular complexity index is 1210. The van der Waals surface area contributed by atoms with E-state index in [9.17, 15) is 9.59 Å². The second-order valence-electron chi connectivity index (χ2n) is 8.42. The molecule has 34 heavy (non-hydrogen) atoms. The van der Waals surface area contributed by atoms with E-state index in [2.05, 4.69) is 10.2 Å². The molecule has 7 nitrogen and oxygen atoms in total. The monoisotopic (exact) mass is 502 g/mol. The zero-order chi connectivity index (χ0) is 23.7. The van der Waals surface area contributed by atoms with Gasteiger partial charge in [-0.2, -0.15) is 0 Å². The van der Waals surface area contributed by atoms with Gasteiger partial charge < -0.3 is 14.6 Å². The van der Waals surface area contributed by atoms with Crippen molar-refractivity contribution in [1.82, 2.24) is 14.8 Å². The fourth-order valence-electron chi connectivity index (χ4n) is 4.39. The summed E-state index contributed by atoms with van der Waals surface area (Å²) in [5, 5.41) is 2.73. The molecule has 3 aromatic rings. The molecular weight excluding hydrogens is 479 g/mol. The molecule has 2 aliphatic heterocycles. The van der Waals surface area contributed by atoms with Crippen molar-refractivity contribution < 1.29 is 18.7 Å². The van der Waals surface area contributed by atoms with Gasteiger partial charge in [0.25, 0.3) is 5.91 Å². The second kappa shape index (κ2) is 9.77. The number of nitrogens with one attached hydrogen (secondary N) is 1. The summed E-state index contributed by atoms with van der Waals surface area (Å²) < 4.78 is 23.0. The van der Waals surface area contributed by atoms with E-state index in [0.29, 0.717) is 14.9 Å². The van der Waals surface area contributed by atoms with Gasteiger partial charge in [-0.3, -0.25) is 14.6 Å². The summed E-state index contributed by atoms with van der Waals surface area (Å²) in [6.45, 7) is 3.25. The van der Waals surface area contributed by atoms with E-state index in [-0.39, 0.29) is 24.7 Å². The quantitative estimate of drug-likeness (QED) is 0.509. The molecule has 2 saturated heterocycles. The number of likely N-dealkylation sites (tertiary alicyclic amines) is 1. The molecular formula is C24H24ClFN4O3S. The topological polar surface area (TPSA) is 66.8 Å². The van der Waals surface area contributed by atoms with E-state index in [0.717, 1.165) is 25.3 Å². The highest BCUT2D eigenvalue weighted by molar-refractivity contribution is 7.18. The van der Waals surface area contributed by atoms with Crippen molar-refractivity contribution in [3.63, 3.8) is 0 Å². The molecule has 0 aliphatic carbocycles. The van der Waals surface area contributed by atoms with Crippen LogP contribution in [-0.2, 0) is 11.3 Å². The van der Waals surface area contributed by atoms with Crippen LogP contribution in [0, 0.1) is 5.82 Å². The molecule has 0 bridgehead atoms. The largest absolute Gasteiger partial charge is 0.442 e. The number of hydrogen-bond donors (Lipinski definition) is 1. The maximum absolute atomic E-state index is 15.1. The first-order valence-electron chi connectivity index (χ1n) is 11.2. The van der Waals surface area contributed by atoms with Crippen LogP contribution >= 0.6 is 22.9 Å². The third-order valence-electron chi connectivity index (χ3n) is 6.08. The second-order valence-corrected chi connectivity index (χ2v) is 10.1. The lowest BCUT2D eigenvalue weighted by Crippen LogP contribution is -2.34. The summed E-state index contributed by atoms with van der Waals surface area (Å²) in [4.78, 5) is 28.8. The SMILES string of the molecule is O=C(NC[C@H]1CN(c2ccc(-n3cccc3CN3CCCC3)cc2F)C(=O)O1)c1ccc(Cl)s1. The normalized spacial score (nSPS) is 18.5. The highest BCUT2D eigenvalue weighted by Crippen LogP contribution is 2.28. The Kier molecular flexibility index (Phi) is 6.58. The number of ether oxygens (including phenoxy) is 1. The smallest absolute Gasteiger partial charge is 0.414 e. The summed E-state index contributed by atoms with van der Waals surface area (Å²) in [5.74, 6) is -0.799. The number of cyclic esters (lactones) is 1. The molecule has 0 saturated carbocycles. The van der Waals surface area contributed by atoms with E-state index >= 15 is 4.39 Å². The van der Waals surface area contributed by atoms with E-state index in [1.165, 1.54) is 35.1 Å². The van der Waals surface area contributed by atoms with Gasteiger partial charge in [-0.1, -0.05) is 11.6 Å². The molecule has 1 N–H and O–H groups in total. The number of hydrogen-bond acceptors (Lipinski definition) is 5. The zero-order valence-electron chi connectivity index (χ0n) is 18.4. The highest BCUT2D eigenvalue weighted by atomic mass is 35.5. The van der Waals surface area contributed by atoms with Crippen molar-refractivity contribution in [2.75, 3.05) is 31.1 Å². The van der Waals surface area contributed by atoms with Gasteiger partial charge in [-0.25, -0.2) is 9.18 Å². The van der Waals surface area contributed by atoms with Crippen LogP contribution in [0.2, 0.25) is 4.34 Å². The third-order valence-corrected chi connectivity index (χ3v) is 7.31. The highest BCUT2D eigenvalue weighted by Gasteiger charge is 2.34. The molecule has 178 valence electrons. The summed E-state index contributed by atoms with van der Waals surface area (Å²) in [6, 6.07) is 12.1. The van der Waals surface area contributed by atoms with Crippen molar-refractivity contribution in [2.45, 2.75) is 25.5 Å². The predicted molar refractivity (Wildman–Crippen MR) is 130 cm³/mol. The minimum atomic E-state index is -0.638. The molecule has 1 atom stereocenters. The van der Waals surface area contributed by atoms with Gasteiger partial charge in [0.1, 0.15) is 11.9 Å². The number of thiophene rings is 1. The van der Waals surface area contributed by atoms with Gasteiger partial charge in [0.2, 0.25) is 0 Å². The van der Waals surface area contributed by atoms with Gasteiger partial charge in [0.05, 0.1) is 28.0 Å². The third kappa shape index (κ3) is 4.82. The Morgan fingerprint density at radius 1 is 1.21 bits per heavy atom. The first-order chi connectivity index (χ1) is 16.5. The predicted octanol–water partition coefficient (Wildman–Crippen LogP) is 4.68. The molecule has 0 unspecified atom stereocenters. The number of halogens is 2. The van der Waals surface area contributed by atoms with Crippen molar-refractivity contribution >= 4 is 40.6 Å². The van der Waals surface area contributed by atoms with Crippen LogP contribution in [0.15, 0.2) is 48.7 Å². The summed E-state index contributed by atoms with van der Waals surface area (Å²) in [5.41, 5.74) is 1.95. The molecule has 1 aromatic carbocycles. The molecule has 2 aromatic heterocycles. The lowest BCUT2D eigenvalue weighted by atomic mass is 10.2. The maximum atomic E-state index is 15.1. The van der Waals surface area contributed by atoms with E-state index in [1.54, 1.807) is 24.3 Å². The molecule has 4 heterocycles. The molecule has 2 amide bonds. The zero-order valence-corrected chi connectivity index (χ0v) is 19.9. The average molecular weight is 503 g/mol. The Labute approximate surface area is 205 Å². The minimum Gasteiger partial charge on any atom is -0.442 e. The molecule has 2 aliphatic rings. The number of carbonyl (C=O) groups excluding carboxylic acids is 2. The lowest BCUT2D eigenvalue weighted by Gasteiger charge is -2.18. The average Bonchev–Trinajstić information content (AvgIpc) is 3.61. The fraction of sp³-hybridized carbons (Fsp3) is 0.333. The Hall–Kier alpha value is -2.88. The number of rotatable bonds is 7. The first kappa shape index (κ1) is 22.9. The standard InChI is InChI=1S/C24H24ClFN4O3S/c25-22-8-7-21(34-22)23(31)27-13-18-15-30(24(32)33-18)20-6-5-16(12-19(20)26)29-11-3-4-17(29)14-28-9-1-2-10-28/h3-8,11-12,18H,1-2,9-10,13-15H2,(H,27,31)/t18-/m0/s1. The molecule has 0 radical (unpaired) electrons. The number of aromatic nitrogens is 1. The van der Waals surface area contributed by atoms with Crippen LogP contribution in [0.3, 0.4) is 0 Å². The van der Waals surface area contributed by atoms with E-state index < -0.39 is 18.0 Å². The summed E-state index contributed by atoms with van der Waals surface area (Å²) >= 11 is 7.04. The fourth-order valence-corrected chi connectivity index (χ4v) is 5.35. The number of nitrogens with zero attached hydrogens (tertiary/aromatic N) is 3. The van der Waals surface area contributed by atoms with Crippen molar-refractivity contribution in [2.24, 2.45) is 0 Å². The number of carbonyl (C=O) groups is 2. The van der Waals surface area contributed by atoms with Crippen molar-refractivity contribution in [1.29, 1.82) is 0 Å². The van der Waals surface area contributed by atoms with Crippen LogP contribution < -0.4 is 10.2 Å². The number of amides is 2. The Morgan fingerprint density at radius 2 is 2.03 bits per heavy atom. The van der Waals surface area contributed by atoms with Gasteiger partial charge in [-0.05, 0) is 62.3 Å². The number of anilines is 1. The van der Waals surface area contributed by atoms with Crippen LogP contribution in [-0.4, -0.2) is 53.8 Å².